The summed E-state index contributed by atoms with van der Waals surface area (Å²) in [6.07, 6.45) is 5.52. The fourth-order valence-corrected chi connectivity index (χ4v) is 2.54. The lowest BCUT2D eigenvalue weighted by Gasteiger charge is -2.44. The smallest absolute Gasteiger partial charge is 0.0916 e. The third kappa shape index (κ3) is 5.03. The van der Waals surface area contributed by atoms with Crippen LogP contribution in [0.25, 0.3) is 0 Å². The van der Waals surface area contributed by atoms with Crippen molar-refractivity contribution in [2.45, 2.75) is 39.5 Å². The summed E-state index contributed by atoms with van der Waals surface area (Å²) in [7, 11) is 2.26. The second-order valence-corrected chi connectivity index (χ2v) is 5.25. The third-order valence-electron chi connectivity index (χ3n) is 3.88. The predicted octanol–water partition coefficient (Wildman–Crippen LogP) is -0.647. The first-order valence-corrected chi connectivity index (χ1v) is 6.76. The van der Waals surface area contributed by atoms with Gasteiger partial charge in [0, 0.05) is 13.1 Å². The minimum absolute atomic E-state index is 0. The van der Waals surface area contributed by atoms with Gasteiger partial charge in [-0.2, -0.15) is 0 Å². The Balaban J connectivity index is 0.00000225. The molecule has 1 rings (SSSR count). The van der Waals surface area contributed by atoms with Gasteiger partial charge in [-0.05, 0) is 19.9 Å². The molecule has 16 heavy (non-hydrogen) atoms. The van der Waals surface area contributed by atoms with E-state index in [0.717, 1.165) is 0 Å². The summed E-state index contributed by atoms with van der Waals surface area (Å²) in [6.45, 7) is 12.8. The maximum Gasteiger partial charge on any atom is 0.0916 e. The summed E-state index contributed by atoms with van der Waals surface area (Å²) in [6, 6.07) is 0. The van der Waals surface area contributed by atoms with E-state index in [1.165, 1.54) is 69.4 Å². The minimum atomic E-state index is 0. The van der Waals surface area contributed by atoms with E-state index < -0.39 is 0 Å². The van der Waals surface area contributed by atoms with Crippen LogP contribution in [0.2, 0.25) is 0 Å². The standard InChI is InChI=1S/C13H29N2.ClH/c1-4-6-10-15(11-7-5-2)12-8-14(3)9-13-15;/h4-13H2,1-3H3;1H/q+1;/p-1. The van der Waals surface area contributed by atoms with E-state index in [2.05, 4.69) is 25.8 Å². The molecular formula is C13H29ClN2. The Morgan fingerprint density at radius 2 is 1.38 bits per heavy atom. The highest BCUT2D eigenvalue weighted by atomic mass is 35.5. The molecule has 0 aromatic rings. The van der Waals surface area contributed by atoms with Gasteiger partial charge in [-0.3, -0.25) is 4.90 Å². The van der Waals surface area contributed by atoms with Crippen molar-refractivity contribution in [2.24, 2.45) is 0 Å². The van der Waals surface area contributed by atoms with Gasteiger partial charge in [0.2, 0.25) is 0 Å². The fraction of sp³-hybridized carbons (Fsp3) is 1.00. The van der Waals surface area contributed by atoms with Gasteiger partial charge in [-0.25, -0.2) is 0 Å². The molecule has 0 N–H and O–H groups in total. The number of piperazine rings is 1. The van der Waals surface area contributed by atoms with Crippen LogP contribution < -0.4 is 12.4 Å². The fourth-order valence-electron chi connectivity index (χ4n) is 2.54. The molecule has 1 heterocycles. The topological polar surface area (TPSA) is 3.24 Å². The molecule has 0 spiro atoms. The van der Waals surface area contributed by atoms with Crippen molar-refractivity contribution in [1.29, 1.82) is 0 Å². The maximum absolute atomic E-state index is 2.48. The summed E-state index contributed by atoms with van der Waals surface area (Å²) in [4.78, 5) is 2.48. The van der Waals surface area contributed by atoms with Crippen LogP contribution in [0.3, 0.4) is 0 Å². The van der Waals surface area contributed by atoms with Gasteiger partial charge in [-0.15, -0.1) is 0 Å². The maximum atomic E-state index is 2.48. The van der Waals surface area contributed by atoms with E-state index in [0.29, 0.717) is 0 Å². The molecule has 0 unspecified atom stereocenters. The molecule has 0 bridgehead atoms. The normalized spacial score (nSPS) is 20.4. The zero-order chi connectivity index (χ0) is 11.1. The molecule has 3 heteroatoms. The molecule has 98 valence electrons. The lowest BCUT2D eigenvalue weighted by atomic mass is 10.1. The minimum Gasteiger partial charge on any atom is -1.00 e. The van der Waals surface area contributed by atoms with Crippen LogP contribution in [0.1, 0.15) is 39.5 Å². The molecule has 0 atom stereocenters. The number of unbranched alkanes of at least 4 members (excludes halogenated alkanes) is 2. The second kappa shape index (κ2) is 8.32. The van der Waals surface area contributed by atoms with Crippen LogP contribution in [0.15, 0.2) is 0 Å². The van der Waals surface area contributed by atoms with Crippen molar-refractivity contribution < 1.29 is 16.9 Å². The number of rotatable bonds is 6. The Hall–Kier alpha value is 0.210. The number of hydrogen-bond acceptors (Lipinski definition) is 1. The average molecular weight is 249 g/mol. The first kappa shape index (κ1) is 16.2. The van der Waals surface area contributed by atoms with Gasteiger partial charge in [0.05, 0.1) is 26.2 Å². The van der Waals surface area contributed by atoms with Gasteiger partial charge in [0.25, 0.3) is 0 Å². The largest absolute Gasteiger partial charge is 1.00 e. The second-order valence-electron chi connectivity index (χ2n) is 5.25. The molecule has 1 fully saturated rings. The molecular weight excluding hydrogens is 220 g/mol. The molecule has 1 aliphatic rings. The van der Waals surface area contributed by atoms with Gasteiger partial charge in [-0.1, -0.05) is 26.7 Å². The van der Waals surface area contributed by atoms with Gasteiger partial charge >= 0.3 is 0 Å². The number of hydrogen-bond donors (Lipinski definition) is 0. The Morgan fingerprint density at radius 3 is 1.75 bits per heavy atom. The summed E-state index contributed by atoms with van der Waals surface area (Å²) in [5, 5.41) is 0. The average Bonchev–Trinajstić information content (AvgIpc) is 2.27. The van der Waals surface area contributed by atoms with Crippen LogP contribution in [0.5, 0.6) is 0 Å². The van der Waals surface area contributed by atoms with Crippen molar-refractivity contribution in [3.63, 3.8) is 0 Å². The van der Waals surface area contributed by atoms with E-state index in [1.54, 1.807) is 0 Å². The van der Waals surface area contributed by atoms with Crippen LogP contribution >= 0.6 is 0 Å². The molecule has 0 aliphatic carbocycles. The Morgan fingerprint density at radius 1 is 0.938 bits per heavy atom. The van der Waals surface area contributed by atoms with E-state index >= 15 is 0 Å². The first-order valence-electron chi connectivity index (χ1n) is 6.76. The van der Waals surface area contributed by atoms with Crippen LogP contribution in [0.4, 0.5) is 0 Å². The highest BCUT2D eigenvalue weighted by Crippen LogP contribution is 2.15. The highest BCUT2D eigenvalue weighted by Gasteiger charge is 2.30. The van der Waals surface area contributed by atoms with Gasteiger partial charge in [0.1, 0.15) is 0 Å². The van der Waals surface area contributed by atoms with Crippen LogP contribution in [-0.4, -0.2) is 55.7 Å². The zero-order valence-corrected chi connectivity index (χ0v) is 12.1. The van der Waals surface area contributed by atoms with E-state index in [4.69, 9.17) is 0 Å². The van der Waals surface area contributed by atoms with E-state index in [-0.39, 0.29) is 12.4 Å². The van der Waals surface area contributed by atoms with Crippen molar-refractivity contribution in [3.8, 4) is 0 Å². The summed E-state index contributed by atoms with van der Waals surface area (Å²) >= 11 is 0. The number of quaternary nitrogens is 1. The Kier molecular flexibility index (Phi) is 8.43. The predicted molar refractivity (Wildman–Crippen MR) is 67.0 cm³/mol. The van der Waals surface area contributed by atoms with Crippen molar-refractivity contribution in [2.75, 3.05) is 46.3 Å². The molecule has 0 aromatic heterocycles. The Labute approximate surface area is 108 Å². The number of likely N-dealkylation sites (N-methyl/N-ethyl adjacent to an activating group) is 1. The molecule has 0 saturated carbocycles. The van der Waals surface area contributed by atoms with Crippen LogP contribution in [-0.2, 0) is 0 Å². The molecule has 1 aliphatic heterocycles. The summed E-state index contributed by atoms with van der Waals surface area (Å²) in [5.74, 6) is 0. The van der Waals surface area contributed by atoms with E-state index in [9.17, 15) is 0 Å². The molecule has 2 nitrogen and oxygen atoms in total. The van der Waals surface area contributed by atoms with Gasteiger partial charge in [0.15, 0.2) is 0 Å². The molecule has 0 aromatic carbocycles. The Bertz CT molecular complexity index is 148. The lowest BCUT2D eigenvalue weighted by molar-refractivity contribution is -0.932. The lowest BCUT2D eigenvalue weighted by Crippen LogP contribution is -3.00. The zero-order valence-electron chi connectivity index (χ0n) is 11.3. The van der Waals surface area contributed by atoms with Crippen LogP contribution in [0, 0.1) is 0 Å². The number of halogens is 1. The summed E-state index contributed by atoms with van der Waals surface area (Å²) in [5.41, 5.74) is 0. The van der Waals surface area contributed by atoms with Crippen molar-refractivity contribution in [3.05, 3.63) is 0 Å². The number of nitrogens with zero attached hydrogens (tertiary/aromatic N) is 2. The van der Waals surface area contributed by atoms with Gasteiger partial charge < -0.3 is 16.9 Å². The quantitative estimate of drug-likeness (QED) is 0.565. The monoisotopic (exact) mass is 248 g/mol. The SMILES string of the molecule is CCCC[N+]1(CCCC)CCN(C)CC1.[Cl-]. The third-order valence-corrected chi connectivity index (χ3v) is 3.88. The van der Waals surface area contributed by atoms with Crippen molar-refractivity contribution in [1.82, 2.24) is 4.90 Å². The molecule has 0 amide bonds. The highest BCUT2D eigenvalue weighted by molar-refractivity contribution is 4.60. The summed E-state index contributed by atoms with van der Waals surface area (Å²) < 4.78 is 1.41. The molecule has 1 saturated heterocycles. The molecule has 0 radical (unpaired) electrons. The van der Waals surface area contributed by atoms with Crippen molar-refractivity contribution >= 4 is 0 Å². The van der Waals surface area contributed by atoms with E-state index in [1.807, 2.05) is 0 Å². The first-order chi connectivity index (χ1) is 7.22.